The summed E-state index contributed by atoms with van der Waals surface area (Å²) in [5.74, 6) is 0.155. The van der Waals surface area contributed by atoms with Gasteiger partial charge in [0.05, 0.1) is 5.02 Å². The SMILES string of the molecule is Cc1cc(C(=O)c2ccccc2)ccc1OC(=O)COc1ccccc1Cl. The molecule has 3 rings (SSSR count). The maximum Gasteiger partial charge on any atom is 0.349 e. The van der Waals surface area contributed by atoms with E-state index < -0.39 is 5.97 Å². The second-order valence-corrected chi connectivity index (χ2v) is 6.28. The zero-order chi connectivity index (χ0) is 19.2. The Morgan fingerprint density at radius 3 is 2.26 bits per heavy atom. The van der Waals surface area contributed by atoms with Gasteiger partial charge in [0.1, 0.15) is 11.5 Å². The monoisotopic (exact) mass is 380 g/mol. The number of esters is 1. The Bertz CT molecular complexity index is 967. The molecule has 27 heavy (non-hydrogen) atoms. The minimum atomic E-state index is -0.555. The lowest BCUT2D eigenvalue weighted by Crippen LogP contribution is -2.18. The number of carbonyl (C=O) groups excluding carboxylic acids is 2. The summed E-state index contributed by atoms with van der Waals surface area (Å²) >= 11 is 5.98. The van der Waals surface area contributed by atoms with Crippen LogP contribution in [0, 0.1) is 6.92 Å². The molecule has 0 bridgehead atoms. The van der Waals surface area contributed by atoms with Crippen molar-refractivity contribution in [3.63, 3.8) is 0 Å². The van der Waals surface area contributed by atoms with Crippen LogP contribution < -0.4 is 9.47 Å². The third-order valence-corrected chi connectivity index (χ3v) is 4.19. The minimum absolute atomic E-state index is 0.0846. The molecule has 0 aliphatic rings. The highest BCUT2D eigenvalue weighted by atomic mass is 35.5. The van der Waals surface area contributed by atoms with E-state index in [1.54, 1.807) is 61.5 Å². The van der Waals surface area contributed by atoms with Crippen molar-refractivity contribution in [2.45, 2.75) is 6.92 Å². The molecule has 0 radical (unpaired) electrons. The van der Waals surface area contributed by atoms with Crippen molar-refractivity contribution in [1.82, 2.24) is 0 Å². The molecule has 0 aliphatic heterocycles. The second kappa shape index (κ2) is 8.52. The van der Waals surface area contributed by atoms with Crippen LogP contribution in [0.25, 0.3) is 0 Å². The first-order chi connectivity index (χ1) is 13.0. The Kier molecular flexibility index (Phi) is 5.89. The number of hydrogen-bond donors (Lipinski definition) is 0. The molecular formula is C22H17ClO4. The molecule has 136 valence electrons. The molecule has 0 aliphatic carbocycles. The van der Waals surface area contributed by atoms with E-state index >= 15 is 0 Å². The van der Waals surface area contributed by atoms with Gasteiger partial charge in [-0.05, 0) is 42.8 Å². The van der Waals surface area contributed by atoms with Crippen LogP contribution in [0.3, 0.4) is 0 Å². The Hall–Kier alpha value is -3.11. The van der Waals surface area contributed by atoms with E-state index in [4.69, 9.17) is 21.1 Å². The second-order valence-electron chi connectivity index (χ2n) is 5.87. The van der Waals surface area contributed by atoms with E-state index in [0.717, 1.165) is 0 Å². The Morgan fingerprint density at radius 2 is 1.56 bits per heavy atom. The number of ether oxygens (including phenoxy) is 2. The number of rotatable bonds is 6. The predicted molar refractivity (Wildman–Crippen MR) is 104 cm³/mol. The molecule has 0 amide bonds. The normalized spacial score (nSPS) is 10.3. The van der Waals surface area contributed by atoms with E-state index in [2.05, 4.69) is 0 Å². The topological polar surface area (TPSA) is 52.6 Å². The molecule has 5 heteroatoms. The highest BCUT2D eigenvalue weighted by Gasteiger charge is 2.13. The first kappa shape index (κ1) is 18.7. The lowest BCUT2D eigenvalue weighted by Gasteiger charge is -2.10. The van der Waals surface area contributed by atoms with Gasteiger partial charge < -0.3 is 9.47 Å². The van der Waals surface area contributed by atoms with Gasteiger partial charge in [0, 0.05) is 11.1 Å². The maximum absolute atomic E-state index is 12.5. The van der Waals surface area contributed by atoms with Crippen LogP contribution in [-0.2, 0) is 4.79 Å². The highest BCUT2D eigenvalue weighted by Crippen LogP contribution is 2.24. The third kappa shape index (κ3) is 4.74. The summed E-state index contributed by atoms with van der Waals surface area (Å²) < 4.78 is 10.7. The molecule has 0 heterocycles. The number of halogens is 1. The van der Waals surface area contributed by atoms with Gasteiger partial charge in [0.15, 0.2) is 12.4 Å². The molecule has 3 aromatic carbocycles. The summed E-state index contributed by atoms with van der Waals surface area (Å²) in [5.41, 5.74) is 1.82. The number of hydrogen-bond acceptors (Lipinski definition) is 4. The van der Waals surface area contributed by atoms with Crippen LogP contribution in [0.2, 0.25) is 5.02 Å². The maximum atomic E-state index is 12.5. The van der Waals surface area contributed by atoms with Gasteiger partial charge in [-0.25, -0.2) is 4.79 Å². The minimum Gasteiger partial charge on any atom is -0.480 e. The van der Waals surface area contributed by atoms with Crippen LogP contribution in [0.15, 0.2) is 72.8 Å². The number of aryl methyl sites for hydroxylation is 1. The molecule has 4 nitrogen and oxygen atoms in total. The van der Waals surface area contributed by atoms with E-state index in [1.807, 2.05) is 18.2 Å². The molecule has 0 atom stereocenters. The number of para-hydroxylation sites is 1. The van der Waals surface area contributed by atoms with Gasteiger partial charge in [-0.2, -0.15) is 0 Å². The van der Waals surface area contributed by atoms with Crippen LogP contribution >= 0.6 is 11.6 Å². The molecule has 0 unspecified atom stereocenters. The summed E-state index contributed by atoms with van der Waals surface area (Å²) in [4.78, 5) is 24.5. The van der Waals surface area contributed by atoms with Crippen molar-refractivity contribution in [1.29, 1.82) is 0 Å². The van der Waals surface area contributed by atoms with E-state index in [1.165, 1.54) is 0 Å². The van der Waals surface area contributed by atoms with Crippen molar-refractivity contribution in [2.75, 3.05) is 6.61 Å². The van der Waals surface area contributed by atoms with Crippen LogP contribution in [0.4, 0.5) is 0 Å². The van der Waals surface area contributed by atoms with Gasteiger partial charge in [-0.1, -0.05) is 54.1 Å². The Labute approximate surface area is 162 Å². The molecule has 0 saturated carbocycles. The smallest absolute Gasteiger partial charge is 0.349 e. The van der Waals surface area contributed by atoms with Crippen molar-refractivity contribution in [2.24, 2.45) is 0 Å². The van der Waals surface area contributed by atoms with Gasteiger partial charge in [0.2, 0.25) is 0 Å². The zero-order valence-corrected chi connectivity index (χ0v) is 15.4. The fourth-order valence-corrected chi connectivity index (χ4v) is 2.70. The number of ketones is 1. The fourth-order valence-electron chi connectivity index (χ4n) is 2.51. The van der Waals surface area contributed by atoms with Crippen molar-refractivity contribution < 1.29 is 19.1 Å². The molecule has 0 N–H and O–H groups in total. The first-order valence-electron chi connectivity index (χ1n) is 8.33. The first-order valence-corrected chi connectivity index (χ1v) is 8.71. The molecule has 0 fully saturated rings. The van der Waals surface area contributed by atoms with Crippen molar-refractivity contribution >= 4 is 23.4 Å². The molecular weight excluding hydrogens is 364 g/mol. The highest BCUT2D eigenvalue weighted by molar-refractivity contribution is 6.32. The standard InChI is InChI=1S/C22H17ClO4/c1-15-13-17(22(25)16-7-3-2-4-8-16)11-12-19(15)27-21(24)14-26-20-10-6-5-9-18(20)23/h2-13H,14H2,1H3. The van der Waals surface area contributed by atoms with Crippen molar-refractivity contribution in [3.05, 3.63) is 94.5 Å². The molecule has 0 saturated heterocycles. The number of benzene rings is 3. The van der Waals surface area contributed by atoms with Crippen LogP contribution in [-0.4, -0.2) is 18.4 Å². The van der Waals surface area contributed by atoms with Gasteiger partial charge in [0.25, 0.3) is 0 Å². The summed E-state index contributed by atoms with van der Waals surface area (Å²) in [6.07, 6.45) is 0. The summed E-state index contributed by atoms with van der Waals surface area (Å²) in [7, 11) is 0. The quantitative estimate of drug-likeness (QED) is 0.348. The van der Waals surface area contributed by atoms with E-state index in [9.17, 15) is 9.59 Å². The average Bonchev–Trinajstić information content (AvgIpc) is 2.69. The lowest BCUT2D eigenvalue weighted by molar-refractivity contribution is -0.136. The van der Waals surface area contributed by atoms with Gasteiger partial charge in [-0.3, -0.25) is 4.79 Å². The average molecular weight is 381 g/mol. The van der Waals surface area contributed by atoms with Gasteiger partial charge in [-0.15, -0.1) is 0 Å². The van der Waals surface area contributed by atoms with Crippen molar-refractivity contribution in [3.8, 4) is 11.5 Å². The Balaban J connectivity index is 1.65. The van der Waals surface area contributed by atoms with Crippen LogP contribution in [0.5, 0.6) is 11.5 Å². The van der Waals surface area contributed by atoms with Crippen LogP contribution in [0.1, 0.15) is 21.5 Å². The van der Waals surface area contributed by atoms with Gasteiger partial charge >= 0.3 is 5.97 Å². The zero-order valence-electron chi connectivity index (χ0n) is 14.6. The molecule has 3 aromatic rings. The Morgan fingerprint density at radius 1 is 0.852 bits per heavy atom. The predicted octanol–water partition coefficient (Wildman–Crippen LogP) is 4.86. The fraction of sp³-hybridized carbons (Fsp3) is 0.0909. The largest absolute Gasteiger partial charge is 0.480 e. The third-order valence-electron chi connectivity index (χ3n) is 3.88. The van der Waals surface area contributed by atoms with E-state index in [-0.39, 0.29) is 12.4 Å². The number of carbonyl (C=O) groups is 2. The summed E-state index contributed by atoms with van der Waals surface area (Å²) in [6.45, 7) is 1.51. The van der Waals surface area contributed by atoms with E-state index in [0.29, 0.717) is 33.2 Å². The molecule has 0 spiro atoms. The molecule has 0 aromatic heterocycles. The lowest BCUT2D eigenvalue weighted by atomic mass is 10.0. The summed E-state index contributed by atoms with van der Waals surface area (Å²) in [6, 6.07) is 20.8. The summed E-state index contributed by atoms with van der Waals surface area (Å²) in [5, 5.41) is 0.422.